The van der Waals surface area contributed by atoms with Crippen molar-refractivity contribution in [3.63, 3.8) is 0 Å². The molecule has 1 aromatic rings. The van der Waals surface area contributed by atoms with Crippen molar-refractivity contribution in [2.45, 2.75) is 37.5 Å². The number of aromatic amines is 1. The molecule has 1 saturated heterocycles. The van der Waals surface area contributed by atoms with Crippen LogP contribution in [-0.4, -0.2) is 57.3 Å². The zero-order valence-electron chi connectivity index (χ0n) is 13.9. The van der Waals surface area contributed by atoms with Crippen LogP contribution in [-0.2, 0) is 23.4 Å². The van der Waals surface area contributed by atoms with E-state index in [1.54, 1.807) is 0 Å². The van der Waals surface area contributed by atoms with Gasteiger partial charge in [-0.3, -0.25) is 19.1 Å². The fourth-order valence-corrected chi connectivity index (χ4v) is 3.26. The first-order valence-corrected chi connectivity index (χ1v) is 8.46. The molecule has 0 amide bonds. The van der Waals surface area contributed by atoms with Gasteiger partial charge in [0.05, 0.1) is 13.2 Å². The fourth-order valence-electron chi connectivity index (χ4n) is 2.18. The van der Waals surface area contributed by atoms with E-state index in [4.69, 9.17) is 9.26 Å². The molecule has 6 atom stereocenters. The van der Waals surface area contributed by atoms with E-state index < -0.39 is 56.0 Å². The maximum atomic E-state index is 12.0. The molecule has 2 rings (SSSR count). The molecular formula is C12H18N4O8PU-. The van der Waals surface area contributed by atoms with Gasteiger partial charge in [-0.25, -0.2) is 9.88 Å². The van der Waals surface area contributed by atoms with Crippen LogP contribution in [0.1, 0.15) is 13.2 Å². The number of methoxy groups -OCH3 is 1. The minimum atomic E-state index is -2.96. The predicted molar refractivity (Wildman–Crippen MR) is 82.9 cm³/mol. The van der Waals surface area contributed by atoms with Gasteiger partial charge in [-0.05, 0) is 13.0 Å². The molecule has 1 aliphatic heterocycles. The second kappa shape index (κ2) is 9.94. The van der Waals surface area contributed by atoms with Gasteiger partial charge in [0.15, 0.2) is 6.23 Å². The van der Waals surface area contributed by atoms with Crippen molar-refractivity contribution in [1.82, 2.24) is 19.9 Å². The normalized spacial score (nSPS) is 27.4. The maximum Gasteiger partial charge on any atom is 0.347 e. The number of carbonyl (C=O) groups excluding carboxylic acids is 1. The van der Waals surface area contributed by atoms with E-state index in [0.29, 0.717) is 0 Å². The van der Waals surface area contributed by atoms with Crippen molar-refractivity contribution < 1.29 is 59.6 Å². The van der Waals surface area contributed by atoms with Crippen LogP contribution < -0.4 is 16.3 Å². The van der Waals surface area contributed by atoms with E-state index in [-0.39, 0.29) is 31.1 Å². The summed E-state index contributed by atoms with van der Waals surface area (Å²) in [5.41, 5.74) is -1.60. The van der Waals surface area contributed by atoms with Crippen molar-refractivity contribution in [1.29, 1.82) is 0 Å². The van der Waals surface area contributed by atoms with E-state index in [9.17, 15) is 24.1 Å². The number of ether oxygens (including phenoxy) is 2. The second-order valence-electron chi connectivity index (χ2n) is 5.20. The van der Waals surface area contributed by atoms with Gasteiger partial charge < -0.3 is 26.0 Å². The third kappa shape index (κ3) is 5.36. The molecule has 12 nitrogen and oxygen atoms in total. The molecule has 1 aromatic heterocycles. The van der Waals surface area contributed by atoms with Crippen LogP contribution in [0.25, 0.3) is 0 Å². The average molecular weight is 615 g/mol. The quantitative estimate of drug-likeness (QED) is 0.185. The molecule has 1 aliphatic rings. The monoisotopic (exact) mass is 615 g/mol. The molecule has 0 aromatic carbocycles. The van der Waals surface area contributed by atoms with Gasteiger partial charge in [0, 0.05) is 31.1 Å². The third-order valence-corrected chi connectivity index (χ3v) is 4.58. The second-order valence-corrected chi connectivity index (χ2v) is 6.30. The molecule has 0 spiro atoms. The predicted octanol–water partition coefficient (Wildman–Crippen LogP) is -2.05. The van der Waals surface area contributed by atoms with Gasteiger partial charge in [-0.1, -0.05) is 0 Å². The number of aliphatic hydroxyl groups is 1. The third-order valence-electron chi connectivity index (χ3n) is 3.42. The number of nitrogens with one attached hydrogen (secondary N) is 2. The zero-order valence-corrected chi connectivity index (χ0v) is 19.0. The number of H-pyrrole nitrogens is 1. The van der Waals surface area contributed by atoms with Crippen LogP contribution in [0.2, 0.25) is 0 Å². The SMILES string of the molecule is [CH2-][C@H]1O[C@@H](n2ncc(=O)[nH]c2=O)[C@H](O)[C@@H]1O[PH](=O)N[C@@H](C)C(=O)OC.[U]. The first kappa shape index (κ1) is 23.2. The first-order valence-electron chi connectivity index (χ1n) is 7.14. The Morgan fingerprint density at radius 2 is 2.23 bits per heavy atom. The Balaban J connectivity index is 0.00000338. The number of hydrogen-bond acceptors (Lipinski definition) is 9. The van der Waals surface area contributed by atoms with Crippen LogP contribution in [0.5, 0.6) is 0 Å². The minimum Gasteiger partial charge on any atom is -0.468 e. The number of aliphatic hydroxyl groups excluding tert-OH is 1. The molecule has 0 aliphatic carbocycles. The smallest absolute Gasteiger partial charge is 0.347 e. The minimum absolute atomic E-state index is 0. The van der Waals surface area contributed by atoms with Gasteiger partial charge in [0.2, 0.25) is 0 Å². The van der Waals surface area contributed by atoms with Crippen molar-refractivity contribution in [2.24, 2.45) is 0 Å². The summed E-state index contributed by atoms with van der Waals surface area (Å²) in [5, 5.41) is 16.3. The average Bonchev–Trinajstić information content (AvgIpc) is 2.82. The van der Waals surface area contributed by atoms with Gasteiger partial charge in [0.1, 0.15) is 18.3 Å². The molecular weight excluding hydrogens is 597 g/mol. The topological polar surface area (TPSA) is 162 Å². The summed E-state index contributed by atoms with van der Waals surface area (Å²) in [7, 11) is -1.78. The molecule has 14 heteroatoms. The van der Waals surface area contributed by atoms with E-state index in [2.05, 4.69) is 21.8 Å². The van der Waals surface area contributed by atoms with E-state index in [1.807, 2.05) is 4.98 Å². The van der Waals surface area contributed by atoms with Crippen LogP contribution in [0.15, 0.2) is 15.8 Å². The van der Waals surface area contributed by atoms with Crippen LogP contribution in [0.4, 0.5) is 0 Å². The summed E-state index contributed by atoms with van der Waals surface area (Å²) >= 11 is 0. The Labute approximate surface area is 171 Å². The standard InChI is InChI=1S/C12H18N4O8P.U/c1-5(11(19)22-3)15-25(21)24-9-6(2)23-10(8(9)18)16-12(20)14-7(17)4-13-16;/h4-6,8-10,18,25H,2H2,1,3H3,(H,15,21)(H,14,17,20);/q-1;/t5-,6+,8+,9+,10+;/m0./s1. The Bertz CT molecular complexity index is 770. The van der Waals surface area contributed by atoms with Crippen molar-refractivity contribution in [3.8, 4) is 0 Å². The summed E-state index contributed by atoms with van der Waals surface area (Å²) in [6.45, 7) is 5.04. The summed E-state index contributed by atoms with van der Waals surface area (Å²) in [6.07, 6.45) is -4.03. The number of nitrogens with zero attached hydrogens (tertiary/aromatic N) is 2. The number of carbonyl (C=O) groups is 1. The summed E-state index contributed by atoms with van der Waals surface area (Å²) in [5.74, 6) is -0.641. The van der Waals surface area contributed by atoms with Crippen LogP contribution in [0, 0.1) is 38.0 Å². The number of hydrogen-bond donors (Lipinski definition) is 3. The largest absolute Gasteiger partial charge is 0.468 e. The van der Waals surface area contributed by atoms with Crippen LogP contribution >= 0.6 is 8.18 Å². The van der Waals surface area contributed by atoms with Crippen molar-refractivity contribution >= 4 is 14.1 Å². The first-order chi connectivity index (χ1) is 11.7. The van der Waals surface area contributed by atoms with E-state index >= 15 is 0 Å². The van der Waals surface area contributed by atoms with Gasteiger partial charge >= 0.3 is 11.7 Å². The number of esters is 1. The molecule has 26 heavy (non-hydrogen) atoms. The molecule has 0 radical (unpaired) electrons. The molecule has 1 unspecified atom stereocenters. The van der Waals surface area contributed by atoms with Gasteiger partial charge in [-0.15, -0.1) is 0 Å². The molecule has 0 saturated carbocycles. The summed E-state index contributed by atoms with van der Waals surface area (Å²) < 4.78 is 27.7. The Morgan fingerprint density at radius 3 is 2.81 bits per heavy atom. The number of rotatable bonds is 6. The van der Waals surface area contributed by atoms with Gasteiger partial charge in [0.25, 0.3) is 13.7 Å². The van der Waals surface area contributed by atoms with E-state index in [1.165, 1.54) is 14.0 Å². The summed E-state index contributed by atoms with van der Waals surface area (Å²) in [6, 6.07) is -0.890. The Kier molecular flexibility index (Phi) is 8.89. The van der Waals surface area contributed by atoms with Crippen molar-refractivity contribution in [2.75, 3.05) is 7.11 Å². The zero-order chi connectivity index (χ0) is 18.7. The van der Waals surface area contributed by atoms with Crippen molar-refractivity contribution in [3.05, 3.63) is 34.0 Å². The number of aromatic nitrogens is 3. The maximum absolute atomic E-state index is 12.0. The molecule has 1 fully saturated rings. The summed E-state index contributed by atoms with van der Waals surface area (Å²) in [4.78, 5) is 36.0. The van der Waals surface area contributed by atoms with Gasteiger partial charge in [-0.2, -0.15) is 9.78 Å². The molecule has 3 N–H and O–H groups in total. The van der Waals surface area contributed by atoms with Crippen LogP contribution in [0.3, 0.4) is 0 Å². The molecule has 144 valence electrons. The fraction of sp³-hybridized carbons (Fsp3) is 0.583. The Hall–Kier alpha value is -0.798. The van der Waals surface area contributed by atoms with E-state index in [0.717, 1.165) is 10.9 Å². The Morgan fingerprint density at radius 1 is 1.58 bits per heavy atom. The molecule has 0 bridgehead atoms. The molecule has 2 heterocycles.